The molecule has 0 bridgehead atoms. The van der Waals surface area contributed by atoms with Gasteiger partial charge in [0, 0.05) is 50.7 Å². The first-order valence-corrected chi connectivity index (χ1v) is 8.93. The Morgan fingerprint density at radius 2 is 2.25 bits per heavy atom. The molecule has 6 heteroatoms. The molecule has 1 aromatic heterocycles. The van der Waals surface area contributed by atoms with Gasteiger partial charge >= 0.3 is 0 Å². The maximum Gasteiger partial charge on any atom is 0.237 e. The van der Waals surface area contributed by atoms with E-state index in [1.807, 2.05) is 12.3 Å². The number of aromatic nitrogens is 1. The van der Waals surface area contributed by atoms with Crippen molar-refractivity contribution in [3.8, 4) is 0 Å². The lowest BCUT2D eigenvalue weighted by molar-refractivity contribution is -0.137. The van der Waals surface area contributed by atoms with Crippen LogP contribution in [-0.4, -0.2) is 59.5 Å². The Kier molecular flexibility index (Phi) is 7.46. The van der Waals surface area contributed by atoms with Crippen LogP contribution in [0.2, 0.25) is 0 Å². The fraction of sp³-hybridized carbons (Fsp3) is 0.667. The molecule has 2 aliphatic rings. The molecule has 0 aliphatic carbocycles. The van der Waals surface area contributed by atoms with Crippen LogP contribution >= 0.6 is 12.4 Å². The monoisotopic (exact) mass is 352 g/mol. The number of hydrogen-bond donors (Lipinski definition) is 1. The smallest absolute Gasteiger partial charge is 0.237 e. The Morgan fingerprint density at radius 1 is 1.38 bits per heavy atom. The Labute approximate surface area is 151 Å². The normalized spacial score (nSPS) is 25.1. The number of hydrogen-bond acceptors (Lipinski definition) is 4. The standard InChI is InChI=1S/C18H28N4O.ClH/c1-2-16-7-3-4-10-22(16)18(23)14-21-11-9-20-13-17(21)15-6-5-8-19-12-15;/h5-6,8,12,16-17,20H,2-4,7,9-11,13-14H2,1H3;1H. The lowest BCUT2D eigenvalue weighted by atomic mass is 9.99. The number of likely N-dealkylation sites (tertiary alicyclic amines) is 1. The minimum Gasteiger partial charge on any atom is -0.339 e. The third-order valence-electron chi connectivity index (χ3n) is 5.18. The van der Waals surface area contributed by atoms with Crippen LogP contribution in [0.25, 0.3) is 0 Å². The second-order valence-corrected chi connectivity index (χ2v) is 6.62. The second-order valence-electron chi connectivity index (χ2n) is 6.62. The minimum absolute atomic E-state index is 0. The van der Waals surface area contributed by atoms with E-state index in [4.69, 9.17) is 0 Å². The molecule has 134 valence electrons. The zero-order chi connectivity index (χ0) is 16.1. The van der Waals surface area contributed by atoms with Gasteiger partial charge in [-0.2, -0.15) is 0 Å². The van der Waals surface area contributed by atoms with E-state index in [0.717, 1.165) is 45.4 Å². The first-order chi connectivity index (χ1) is 11.3. The molecule has 3 rings (SSSR count). The molecule has 2 fully saturated rings. The van der Waals surface area contributed by atoms with Gasteiger partial charge in [-0.3, -0.25) is 14.7 Å². The maximum atomic E-state index is 12.9. The number of halogens is 1. The van der Waals surface area contributed by atoms with Crippen LogP contribution in [-0.2, 0) is 4.79 Å². The van der Waals surface area contributed by atoms with Crippen molar-refractivity contribution in [1.82, 2.24) is 20.1 Å². The number of carbonyl (C=O) groups excluding carboxylic acids is 1. The van der Waals surface area contributed by atoms with Gasteiger partial charge in [0.05, 0.1) is 6.54 Å². The Bertz CT molecular complexity index is 513. The summed E-state index contributed by atoms with van der Waals surface area (Å²) in [6, 6.07) is 4.77. The lowest BCUT2D eigenvalue weighted by Crippen LogP contribution is -2.52. The number of piperazine rings is 1. The molecule has 24 heavy (non-hydrogen) atoms. The molecular formula is C18H29ClN4O. The van der Waals surface area contributed by atoms with E-state index < -0.39 is 0 Å². The second kappa shape index (κ2) is 9.35. The van der Waals surface area contributed by atoms with Crippen molar-refractivity contribution in [3.05, 3.63) is 30.1 Å². The fourth-order valence-corrected chi connectivity index (χ4v) is 3.86. The quantitative estimate of drug-likeness (QED) is 0.902. The average molecular weight is 353 g/mol. The van der Waals surface area contributed by atoms with Gasteiger partial charge < -0.3 is 10.2 Å². The molecule has 2 saturated heterocycles. The van der Waals surface area contributed by atoms with E-state index in [-0.39, 0.29) is 18.4 Å². The zero-order valence-electron chi connectivity index (χ0n) is 14.5. The summed E-state index contributed by atoms with van der Waals surface area (Å²) >= 11 is 0. The van der Waals surface area contributed by atoms with Crippen molar-refractivity contribution in [2.75, 3.05) is 32.7 Å². The highest BCUT2D eigenvalue weighted by Gasteiger charge is 2.30. The Balaban J connectivity index is 0.00000208. The van der Waals surface area contributed by atoms with E-state index in [2.05, 4.69) is 33.1 Å². The van der Waals surface area contributed by atoms with Crippen molar-refractivity contribution in [3.63, 3.8) is 0 Å². The minimum atomic E-state index is 0. The van der Waals surface area contributed by atoms with Crippen LogP contribution in [0.4, 0.5) is 0 Å². The van der Waals surface area contributed by atoms with Gasteiger partial charge in [0.15, 0.2) is 0 Å². The molecule has 0 radical (unpaired) electrons. The highest BCUT2D eigenvalue weighted by molar-refractivity contribution is 5.85. The molecule has 2 unspecified atom stereocenters. The third kappa shape index (κ3) is 4.47. The highest BCUT2D eigenvalue weighted by atomic mass is 35.5. The first-order valence-electron chi connectivity index (χ1n) is 8.93. The largest absolute Gasteiger partial charge is 0.339 e. The molecule has 1 aromatic rings. The zero-order valence-corrected chi connectivity index (χ0v) is 15.3. The van der Waals surface area contributed by atoms with Gasteiger partial charge in [0.1, 0.15) is 0 Å². The van der Waals surface area contributed by atoms with Crippen molar-refractivity contribution in [2.24, 2.45) is 0 Å². The number of rotatable bonds is 4. The number of nitrogens with zero attached hydrogens (tertiary/aromatic N) is 3. The third-order valence-corrected chi connectivity index (χ3v) is 5.18. The summed E-state index contributed by atoms with van der Waals surface area (Å²) in [5, 5.41) is 3.44. The molecular weight excluding hydrogens is 324 g/mol. The van der Waals surface area contributed by atoms with Crippen molar-refractivity contribution < 1.29 is 4.79 Å². The van der Waals surface area contributed by atoms with Gasteiger partial charge in [-0.25, -0.2) is 0 Å². The average Bonchev–Trinajstić information content (AvgIpc) is 2.63. The van der Waals surface area contributed by atoms with Gasteiger partial charge in [-0.15, -0.1) is 12.4 Å². The number of pyridine rings is 1. The van der Waals surface area contributed by atoms with E-state index >= 15 is 0 Å². The predicted octanol–water partition coefficient (Wildman–Crippen LogP) is 2.24. The van der Waals surface area contributed by atoms with E-state index in [0.29, 0.717) is 18.5 Å². The molecule has 3 heterocycles. The molecule has 2 aliphatic heterocycles. The summed E-state index contributed by atoms with van der Waals surface area (Å²) in [4.78, 5) is 21.5. The molecule has 0 spiro atoms. The van der Waals surface area contributed by atoms with Gasteiger partial charge in [-0.05, 0) is 37.3 Å². The summed E-state index contributed by atoms with van der Waals surface area (Å²) in [7, 11) is 0. The lowest BCUT2D eigenvalue weighted by Gasteiger charge is -2.40. The molecule has 1 N–H and O–H groups in total. The summed E-state index contributed by atoms with van der Waals surface area (Å²) in [6.45, 7) is 6.39. The fourth-order valence-electron chi connectivity index (χ4n) is 3.86. The number of carbonyl (C=O) groups is 1. The number of nitrogens with one attached hydrogen (secondary N) is 1. The van der Waals surface area contributed by atoms with Gasteiger partial charge in [0.25, 0.3) is 0 Å². The molecule has 0 aromatic carbocycles. The SMILES string of the molecule is CCC1CCCCN1C(=O)CN1CCNCC1c1cccnc1.Cl. The summed E-state index contributed by atoms with van der Waals surface area (Å²) < 4.78 is 0. The highest BCUT2D eigenvalue weighted by Crippen LogP contribution is 2.23. The van der Waals surface area contributed by atoms with Crippen molar-refractivity contribution >= 4 is 18.3 Å². The van der Waals surface area contributed by atoms with Gasteiger partial charge in [0.2, 0.25) is 5.91 Å². The van der Waals surface area contributed by atoms with Crippen LogP contribution in [0, 0.1) is 0 Å². The van der Waals surface area contributed by atoms with Crippen LogP contribution in [0.5, 0.6) is 0 Å². The van der Waals surface area contributed by atoms with Crippen LogP contribution in [0.1, 0.15) is 44.2 Å². The Morgan fingerprint density at radius 3 is 3.00 bits per heavy atom. The maximum absolute atomic E-state index is 12.9. The van der Waals surface area contributed by atoms with Crippen LogP contribution in [0.15, 0.2) is 24.5 Å². The van der Waals surface area contributed by atoms with E-state index in [9.17, 15) is 4.79 Å². The summed E-state index contributed by atoms with van der Waals surface area (Å²) in [5.74, 6) is 0.298. The topological polar surface area (TPSA) is 48.5 Å². The summed E-state index contributed by atoms with van der Waals surface area (Å²) in [6.07, 6.45) is 8.36. The molecule has 5 nitrogen and oxygen atoms in total. The van der Waals surface area contributed by atoms with Crippen LogP contribution < -0.4 is 5.32 Å². The van der Waals surface area contributed by atoms with Crippen LogP contribution in [0.3, 0.4) is 0 Å². The molecule has 2 atom stereocenters. The van der Waals surface area contributed by atoms with Crippen molar-refractivity contribution in [1.29, 1.82) is 0 Å². The van der Waals surface area contributed by atoms with E-state index in [1.54, 1.807) is 6.20 Å². The number of piperidine rings is 1. The van der Waals surface area contributed by atoms with E-state index in [1.165, 1.54) is 12.0 Å². The molecule has 0 saturated carbocycles. The Hall–Kier alpha value is -1.17. The van der Waals surface area contributed by atoms with Gasteiger partial charge in [-0.1, -0.05) is 13.0 Å². The first kappa shape index (κ1) is 19.2. The summed E-state index contributed by atoms with van der Waals surface area (Å²) in [5.41, 5.74) is 1.19. The van der Waals surface area contributed by atoms with Crippen molar-refractivity contribution in [2.45, 2.75) is 44.7 Å². The predicted molar refractivity (Wildman–Crippen MR) is 98.3 cm³/mol. The molecule has 1 amide bonds. The number of amides is 1.